The van der Waals surface area contributed by atoms with Gasteiger partial charge in [-0.2, -0.15) is 11.8 Å². The second kappa shape index (κ2) is 12.5. The number of allylic oxidation sites excluding steroid dienone is 2. The van der Waals surface area contributed by atoms with Crippen molar-refractivity contribution >= 4 is 35.4 Å². The molecular formula is C18H27NO2S2. The average Bonchev–Trinajstić information content (AvgIpc) is 2.55. The molecule has 0 bridgehead atoms. The molecule has 0 heterocycles. The van der Waals surface area contributed by atoms with Gasteiger partial charge in [-0.3, -0.25) is 4.79 Å². The summed E-state index contributed by atoms with van der Waals surface area (Å²) in [5.74, 6) is 1.87. The Labute approximate surface area is 148 Å². The number of amides is 1. The number of unbranched alkanes of at least 4 members (excludes halogenated alkanes) is 1. The van der Waals surface area contributed by atoms with Crippen LogP contribution in [0.25, 0.3) is 0 Å². The highest BCUT2D eigenvalue weighted by atomic mass is 32.2. The Bertz CT molecular complexity index is 468. The van der Waals surface area contributed by atoms with Gasteiger partial charge in [-0.15, -0.1) is 0 Å². The average molecular weight is 354 g/mol. The van der Waals surface area contributed by atoms with Crippen LogP contribution in [-0.4, -0.2) is 22.5 Å². The Balaban J connectivity index is 2.24. The third-order valence-electron chi connectivity index (χ3n) is 3.47. The molecule has 23 heavy (non-hydrogen) atoms. The molecule has 2 N–H and O–H groups in total. The second-order valence-electron chi connectivity index (χ2n) is 5.49. The van der Waals surface area contributed by atoms with Gasteiger partial charge in [0.25, 0.3) is 0 Å². The lowest BCUT2D eigenvalue weighted by atomic mass is 10.0. The van der Waals surface area contributed by atoms with E-state index in [9.17, 15) is 4.79 Å². The van der Waals surface area contributed by atoms with Crippen LogP contribution in [0, 0.1) is 5.92 Å². The fourth-order valence-electron chi connectivity index (χ4n) is 2.31. The van der Waals surface area contributed by atoms with Crippen molar-refractivity contribution < 1.29 is 9.35 Å². The number of benzene rings is 1. The normalized spacial score (nSPS) is 12.5. The van der Waals surface area contributed by atoms with Crippen molar-refractivity contribution in [1.29, 1.82) is 0 Å². The molecule has 1 atom stereocenters. The van der Waals surface area contributed by atoms with E-state index in [1.54, 1.807) is 24.3 Å². The number of hydrogen-bond acceptors (Lipinski definition) is 4. The number of carbonyl (C=O) groups is 1. The number of carbonyl (C=O) groups excluding carboxylic acids is 1. The van der Waals surface area contributed by atoms with Gasteiger partial charge >= 0.3 is 0 Å². The summed E-state index contributed by atoms with van der Waals surface area (Å²) < 4.78 is 8.90. The Hall–Kier alpha value is -0.910. The molecule has 0 radical (unpaired) electrons. The van der Waals surface area contributed by atoms with Gasteiger partial charge in [0, 0.05) is 29.0 Å². The maximum absolute atomic E-state index is 11.9. The number of rotatable bonds is 11. The first-order chi connectivity index (χ1) is 11.2. The van der Waals surface area contributed by atoms with E-state index in [4.69, 9.17) is 4.55 Å². The maximum atomic E-state index is 11.9. The van der Waals surface area contributed by atoms with Crippen LogP contribution in [0.4, 0.5) is 5.69 Å². The van der Waals surface area contributed by atoms with Crippen molar-refractivity contribution in [3.05, 3.63) is 36.4 Å². The highest BCUT2D eigenvalue weighted by Crippen LogP contribution is 2.18. The summed E-state index contributed by atoms with van der Waals surface area (Å²) in [7, 11) is 0. The van der Waals surface area contributed by atoms with Crippen molar-refractivity contribution in [2.75, 3.05) is 17.3 Å². The molecule has 0 aliphatic rings. The van der Waals surface area contributed by atoms with E-state index in [0.29, 0.717) is 24.4 Å². The summed E-state index contributed by atoms with van der Waals surface area (Å²) >= 11 is 2.59. The zero-order valence-corrected chi connectivity index (χ0v) is 15.6. The quantitative estimate of drug-likeness (QED) is 0.304. The lowest BCUT2D eigenvalue weighted by molar-refractivity contribution is -0.116. The molecular weight excluding hydrogens is 326 g/mol. The number of hydrogen-bond donors (Lipinski definition) is 2. The molecule has 0 aliphatic heterocycles. The van der Waals surface area contributed by atoms with E-state index in [0.717, 1.165) is 23.4 Å². The van der Waals surface area contributed by atoms with Gasteiger partial charge < -0.3 is 9.87 Å². The van der Waals surface area contributed by atoms with Gasteiger partial charge in [0.05, 0.1) is 0 Å². The van der Waals surface area contributed by atoms with Crippen LogP contribution in [0.1, 0.15) is 39.0 Å². The van der Waals surface area contributed by atoms with Gasteiger partial charge in [-0.1, -0.05) is 25.5 Å². The Morgan fingerprint density at radius 2 is 2.09 bits per heavy atom. The lowest BCUT2D eigenvalue weighted by Gasteiger charge is -2.09. The minimum Gasteiger partial charge on any atom is -0.326 e. The third-order valence-corrected chi connectivity index (χ3v) is 4.71. The van der Waals surface area contributed by atoms with Crippen molar-refractivity contribution in [3.63, 3.8) is 0 Å². The molecule has 1 aromatic rings. The van der Waals surface area contributed by atoms with E-state index < -0.39 is 0 Å². The molecule has 5 heteroatoms. The Morgan fingerprint density at radius 1 is 1.35 bits per heavy atom. The predicted molar refractivity (Wildman–Crippen MR) is 103 cm³/mol. The highest BCUT2D eigenvalue weighted by molar-refractivity contribution is 7.98. The first-order valence-electron chi connectivity index (χ1n) is 8.06. The first kappa shape index (κ1) is 20.1. The van der Waals surface area contributed by atoms with E-state index in [1.165, 1.54) is 18.6 Å². The predicted octanol–water partition coefficient (Wildman–Crippen LogP) is 5.70. The molecule has 0 aromatic heterocycles. The van der Waals surface area contributed by atoms with Crippen molar-refractivity contribution in [2.45, 2.75) is 43.9 Å². The zero-order chi connectivity index (χ0) is 16.9. The van der Waals surface area contributed by atoms with Gasteiger partial charge in [0.15, 0.2) is 0 Å². The first-order valence-corrected chi connectivity index (χ1v) is 10.2. The van der Waals surface area contributed by atoms with Gasteiger partial charge in [-0.05, 0) is 61.5 Å². The molecule has 3 nitrogen and oxygen atoms in total. The zero-order valence-electron chi connectivity index (χ0n) is 14.0. The summed E-state index contributed by atoms with van der Waals surface area (Å²) in [5, 5.41) is 2.88. The van der Waals surface area contributed by atoms with E-state index >= 15 is 0 Å². The summed E-state index contributed by atoms with van der Waals surface area (Å²) in [6.07, 6.45) is 11.5. The molecule has 1 aromatic carbocycles. The molecule has 0 aliphatic carbocycles. The lowest BCUT2D eigenvalue weighted by Crippen LogP contribution is -2.10. The summed E-state index contributed by atoms with van der Waals surface area (Å²) in [6.45, 7) is 2.22. The number of nitrogens with one attached hydrogen (secondary N) is 1. The fraction of sp³-hybridized carbons (Fsp3) is 0.500. The number of anilines is 1. The SMILES string of the molecule is CCC[C@@H](C=CCCCC(=O)Nc1ccc(SO)cc1)CSC. The summed E-state index contributed by atoms with van der Waals surface area (Å²) in [6, 6.07) is 7.16. The standard InChI is InChI=1S/C18H27NO2S2/c1-3-7-15(14-22-2)8-5-4-6-9-18(20)19-16-10-12-17(23-21)13-11-16/h5,8,10-13,15,21H,3-4,6-7,9,14H2,1-2H3,(H,19,20)/t15-/m0/s1. The Kier molecular flexibility index (Phi) is 10.9. The van der Waals surface area contributed by atoms with E-state index in [-0.39, 0.29) is 5.91 Å². The molecule has 1 rings (SSSR count). The second-order valence-corrected chi connectivity index (χ2v) is 7.05. The van der Waals surface area contributed by atoms with Crippen LogP contribution in [0.15, 0.2) is 41.3 Å². The van der Waals surface area contributed by atoms with Crippen LogP contribution < -0.4 is 5.32 Å². The van der Waals surface area contributed by atoms with Crippen LogP contribution in [0.3, 0.4) is 0 Å². The van der Waals surface area contributed by atoms with Crippen LogP contribution in [0.5, 0.6) is 0 Å². The smallest absolute Gasteiger partial charge is 0.224 e. The van der Waals surface area contributed by atoms with Crippen molar-refractivity contribution in [1.82, 2.24) is 0 Å². The van der Waals surface area contributed by atoms with Crippen LogP contribution in [-0.2, 0) is 4.79 Å². The van der Waals surface area contributed by atoms with Crippen LogP contribution >= 0.6 is 23.8 Å². The minimum absolute atomic E-state index is 0.0389. The minimum atomic E-state index is 0.0389. The van der Waals surface area contributed by atoms with Gasteiger partial charge in [0.2, 0.25) is 5.91 Å². The third kappa shape index (κ3) is 9.08. The maximum Gasteiger partial charge on any atom is 0.224 e. The largest absolute Gasteiger partial charge is 0.326 e. The topological polar surface area (TPSA) is 49.3 Å². The van der Waals surface area contributed by atoms with Gasteiger partial charge in [0.1, 0.15) is 0 Å². The molecule has 0 saturated carbocycles. The number of thioether (sulfide) groups is 1. The summed E-state index contributed by atoms with van der Waals surface area (Å²) in [5.41, 5.74) is 0.770. The summed E-state index contributed by atoms with van der Waals surface area (Å²) in [4.78, 5) is 12.6. The van der Waals surface area contributed by atoms with Crippen molar-refractivity contribution in [2.24, 2.45) is 5.92 Å². The monoisotopic (exact) mass is 353 g/mol. The van der Waals surface area contributed by atoms with E-state index in [1.807, 2.05) is 11.8 Å². The highest BCUT2D eigenvalue weighted by Gasteiger charge is 2.03. The van der Waals surface area contributed by atoms with Crippen LogP contribution in [0.2, 0.25) is 0 Å². The fourth-order valence-corrected chi connectivity index (χ4v) is 3.28. The molecule has 128 valence electrons. The molecule has 0 fully saturated rings. The molecule has 0 spiro atoms. The molecule has 0 saturated heterocycles. The molecule has 0 unspecified atom stereocenters. The van der Waals surface area contributed by atoms with Gasteiger partial charge in [-0.25, -0.2) is 0 Å². The Morgan fingerprint density at radius 3 is 2.70 bits per heavy atom. The van der Waals surface area contributed by atoms with Crippen molar-refractivity contribution in [3.8, 4) is 0 Å². The van der Waals surface area contributed by atoms with E-state index in [2.05, 4.69) is 30.6 Å². The molecule has 1 amide bonds.